The van der Waals surface area contributed by atoms with Gasteiger partial charge in [-0.15, -0.1) is 0 Å². The van der Waals surface area contributed by atoms with Gasteiger partial charge in [-0.3, -0.25) is 4.79 Å². The fraction of sp³-hybridized carbons (Fsp3) is 0.417. The second kappa shape index (κ2) is 4.71. The number of nitrogens with two attached hydrogens (primary N) is 1. The number of hydrogen-bond donors (Lipinski definition) is 2. The number of carbonyl (C=O) groups is 1. The number of methoxy groups -OCH3 is 1. The highest BCUT2D eigenvalue weighted by Crippen LogP contribution is 2.29. The SMILES string of the molecule is COC(=O)C(N)C(C)(C)c1ccc(O)c(F)c1. The lowest BCUT2D eigenvalue weighted by Crippen LogP contribution is -2.47. The molecule has 0 bridgehead atoms. The zero-order valence-corrected chi connectivity index (χ0v) is 10.0. The normalized spacial score (nSPS) is 13.2. The molecule has 0 saturated carbocycles. The van der Waals surface area contributed by atoms with Crippen molar-refractivity contribution in [3.8, 4) is 5.75 Å². The van der Waals surface area contributed by atoms with E-state index in [-0.39, 0.29) is 0 Å². The van der Waals surface area contributed by atoms with Crippen molar-refractivity contribution < 1.29 is 19.0 Å². The summed E-state index contributed by atoms with van der Waals surface area (Å²) >= 11 is 0. The van der Waals surface area contributed by atoms with Crippen LogP contribution in [0.1, 0.15) is 19.4 Å². The van der Waals surface area contributed by atoms with Gasteiger partial charge in [0, 0.05) is 5.41 Å². The van der Waals surface area contributed by atoms with Crippen molar-refractivity contribution in [2.45, 2.75) is 25.3 Å². The first kappa shape index (κ1) is 13.4. The van der Waals surface area contributed by atoms with Gasteiger partial charge < -0.3 is 15.6 Å². The fourth-order valence-electron chi connectivity index (χ4n) is 1.51. The van der Waals surface area contributed by atoms with E-state index in [0.717, 1.165) is 6.07 Å². The zero-order chi connectivity index (χ0) is 13.2. The van der Waals surface area contributed by atoms with Gasteiger partial charge in [-0.25, -0.2) is 4.39 Å². The maximum absolute atomic E-state index is 13.2. The lowest BCUT2D eigenvalue weighted by Gasteiger charge is -2.30. The minimum Gasteiger partial charge on any atom is -0.505 e. The number of carbonyl (C=O) groups excluding carboxylic acids is 1. The first-order valence-electron chi connectivity index (χ1n) is 5.13. The molecule has 1 aromatic rings. The molecule has 0 saturated heterocycles. The Labute approximate surface area is 99.2 Å². The third-order valence-electron chi connectivity index (χ3n) is 2.92. The quantitative estimate of drug-likeness (QED) is 0.782. The monoisotopic (exact) mass is 241 g/mol. The molecule has 0 spiro atoms. The van der Waals surface area contributed by atoms with E-state index in [0.29, 0.717) is 5.56 Å². The van der Waals surface area contributed by atoms with Crippen LogP contribution in [0.4, 0.5) is 4.39 Å². The molecule has 0 aliphatic carbocycles. The summed E-state index contributed by atoms with van der Waals surface area (Å²) in [7, 11) is 1.25. The van der Waals surface area contributed by atoms with Crippen LogP contribution in [0.5, 0.6) is 5.75 Å². The second-order valence-electron chi connectivity index (χ2n) is 4.39. The van der Waals surface area contributed by atoms with Gasteiger partial charge in [-0.1, -0.05) is 19.9 Å². The zero-order valence-electron chi connectivity index (χ0n) is 10.0. The summed E-state index contributed by atoms with van der Waals surface area (Å²) < 4.78 is 17.8. The molecular weight excluding hydrogens is 225 g/mol. The minimum absolute atomic E-state index is 0.434. The van der Waals surface area contributed by atoms with Gasteiger partial charge >= 0.3 is 5.97 Å². The Balaban J connectivity index is 3.11. The Bertz CT molecular complexity index is 432. The minimum atomic E-state index is -0.906. The number of phenols is 1. The summed E-state index contributed by atoms with van der Waals surface area (Å²) in [6, 6.07) is 3.02. The molecular formula is C12H16FNO3. The van der Waals surface area contributed by atoms with E-state index in [9.17, 15) is 9.18 Å². The van der Waals surface area contributed by atoms with Crippen LogP contribution in [0.3, 0.4) is 0 Å². The number of aromatic hydroxyl groups is 1. The van der Waals surface area contributed by atoms with Crippen LogP contribution >= 0.6 is 0 Å². The van der Waals surface area contributed by atoms with E-state index in [4.69, 9.17) is 10.8 Å². The smallest absolute Gasteiger partial charge is 0.323 e. The average Bonchev–Trinajstić information content (AvgIpc) is 2.30. The molecule has 0 amide bonds. The lowest BCUT2D eigenvalue weighted by atomic mass is 9.78. The number of benzene rings is 1. The Morgan fingerprint density at radius 3 is 2.59 bits per heavy atom. The molecule has 1 aromatic carbocycles. The summed E-state index contributed by atoms with van der Waals surface area (Å²) in [5.41, 5.74) is 5.50. The first-order chi connectivity index (χ1) is 7.80. The molecule has 1 atom stereocenters. The second-order valence-corrected chi connectivity index (χ2v) is 4.39. The molecule has 3 N–H and O–H groups in total. The van der Waals surface area contributed by atoms with E-state index in [2.05, 4.69) is 4.74 Å². The number of phenolic OH excluding ortho intramolecular Hbond substituents is 1. The van der Waals surface area contributed by atoms with Gasteiger partial charge in [-0.2, -0.15) is 0 Å². The number of rotatable bonds is 3. The number of esters is 1. The highest BCUT2D eigenvalue weighted by Gasteiger charge is 2.35. The molecule has 94 valence electrons. The Hall–Kier alpha value is -1.62. The fourth-order valence-corrected chi connectivity index (χ4v) is 1.51. The molecule has 1 rings (SSSR count). The average molecular weight is 241 g/mol. The molecule has 0 aromatic heterocycles. The van der Waals surface area contributed by atoms with Crippen molar-refractivity contribution in [3.05, 3.63) is 29.6 Å². The van der Waals surface area contributed by atoms with Crippen molar-refractivity contribution in [2.75, 3.05) is 7.11 Å². The molecule has 5 heteroatoms. The summed E-state index contributed by atoms with van der Waals surface area (Å²) in [5, 5.41) is 9.11. The predicted molar refractivity (Wildman–Crippen MR) is 61.1 cm³/mol. The number of hydrogen-bond acceptors (Lipinski definition) is 4. The van der Waals surface area contributed by atoms with Crippen molar-refractivity contribution in [1.82, 2.24) is 0 Å². The van der Waals surface area contributed by atoms with E-state index in [1.54, 1.807) is 13.8 Å². The summed E-state index contributed by atoms with van der Waals surface area (Å²) in [6.07, 6.45) is 0. The summed E-state index contributed by atoms with van der Waals surface area (Å²) in [6.45, 7) is 3.42. The van der Waals surface area contributed by atoms with Gasteiger partial charge in [0.15, 0.2) is 11.6 Å². The topological polar surface area (TPSA) is 72.5 Å². The van der Waals surface area contributed by atoms with E-state index >= 15 is 0 Å². The maximum Gasteiger partial charge on any atom is 0.323 e. The number of halogens is 1. The van der Waals surface area contributed by atoms with Crippen molar-refractivity contribution in [1.29, 1.82) is 0 Å². The summed E-state index contributed by atoms with van der Waals surface area (Å²) in [4.78, 5) is 11.4. The highest BCUT2D eigenvalue weighted by atomic mass is 19.1. The van der Waals surface area contributed by atoms with Crippen LogP contribution in [0.15, 0.2) is 18.2 Å². The molecule has 0 heterocycles. The van der Waals surface area contributed by atoms with Crippen LogP contribution < -0.4 is 5.73 Å². The van der Waals surface area contributed by atoms with Crippen molar-refractivity contribution >= 4 is 5.97 Å². The molecule has 0 radical (unpaired) electrons. The number of ether oxygens (including phenoxy) is 1. The molecule has 1 unspecified atom stereocenters. The third-order valence-corrected chi connectivity index (χ3v) is 2.92. The van der Waals surface area contributed by atoms with Crippen molar-refractivity contribution in [2.24, 2.45) is 5.73 Å². The maximum atomic E-state index is 13.2. The summed E-state index contributed by atoms with van der Waals surface area (Å²) in [5.74, 6) is -1.74. The molecule has 0 aliphatic heterocycles. The van der Waals surface area contributed by atoms with Crippen LogP contribution in [-0.2, 0) is 14.9 Å². The molecule has 0 fully saturated rings. The lowest BCUT2D eigenvalue weighted by molar-refractivity contribution is -0.143. The van der Waals surface area contributed by atoms with Crippen LogP contribution in [0, 0.1) is 5.82 Å². The van der Waals surface area contributed by atoms with E-state index < -0.39 is 29.0 Å². The third kappa shape index (κ3) is 2.55. The Morgan fingerprint density at radius 1 is 1.53 bits per heavy atom. The van der Waals surface area contributed by atoms with E-state index in [1.165, 1.54) is 19.2 Å². The predicted octanol–water partition coefficient (Wildman–Crippen LogP) is 1.31. The van der Waals surface area contributed by atoms with Gasteiger partial charge in [0.05, 0.1) is 7.11 Å². The van der Waals surface area contributed by atoms with Crippen LogP contribution in [-0.4, -0.2) is 24.2 Å². The first-order valence-corrected chi connectivity index (χ1v) is 5.13. The van der Waals surface area contributed by atoms with Crippen molar-refractivity contribution in [3.63, 3.8) is 0 Å². The highest BCUT2D eigenvalue weighted by molar-refractivity contribution is 5.77. The largest absolute Gasteiger partial charge is 0.505 e. The Morgan fingerprint density at radius 2 is 2.12 bits per heavy atom. The molecule has 17 heavy (non-hydrogen) atoms. The Kier molecular flexibility index (Phi) is 3.72. The van der Waals surface area contributed by atoms with Crippen LogP contribution in [0.2, 0.25) is 0 Å². The van der Waals surface area contributed by atoms with Gasteiger partial charge in [0.25, 0.3) is 0 Å². The van der Waals surface area contributed by atoms with Crippen LogP contribution in [0.25, 0.3) is 0 Å². The van der Waals surface area contributed by atoms with Gasteiger partial charge in [-0.05, 0) is 17.7 Å². The molecule has 0 aliphatic rings. The standard InChI is InChI=1S/C12H16FNO3/c1-12(2,10(14)11(16)17-3)7-4-5-9(15)8(13)6-7/h4-6,10,15H,14H2,1-3H3. The van der Waals surface area contributed by atoms with Gasteiger partial charge in [0.2, 0.25) is 0 Å². The van der Waals surface area contributed by atoms with E-state index in [1.807, 2.05) is 0 Å². The van der Waals surface area contributed by atoms with Gasteiger partial charge in [0.1, 0.15) is 6.04 Å². The molecule has 4 nitrogen and oxygen atoms in total.